The molecule has 1 aliphatic heterocycles. The summed E-state index contributed by atoms with van der Waals surface area (Å²) in [5.74, 6) is 0.860. The van der Waals surface area contributed by atoms with Gasteiger partial charge in [0.1, 0.15) is 0 Å². The molecule has 0 radical (unpaired) electrons. The number of nitrogens with one attached hydrogen (secondary N) is 2. The van der Waals surface area contributed by atoms with E-state index in [-0.39, 0.29) is 0 Å². The molecule has 146 valence electrons. The van der Waals surface area contributed by atoms with Crippen LogP contribution in [0.4, 0.5) is 0 Å². The fourth-order valence-corrected chi connectivity index (χ4v) is 2.96. The molecule has 1 fully saturated rings. The first-order chi connectivity index (χ1) is 12.7. The van der Waals surface area contributed by atoms with Gasteiger partial charge in [-0.05, 0) is 31.9 Å². The van der Waals surface area contributed by atoms with Crippen LogP contribution in [0.3, 0.4) is 0 Å². The Bertz CT molecular complexity index is 544. The molecule has 0 saturated carbocycles. The summed E-state index contributed by atoms with van der Waals surface area (Å²) >= 11 is 0. The maximum atomic E-state index is 5.57. The number of ether oxygens (including phenoxy) is 2. The molecule has 0 aliphatic carbocycles. The van der Waals surface area contributed by atoms with E-state index in [1.165, 1.54) is 11.1 Å². The Labute approximate surface area is 158 Å². The Morgan fingerprint density at radius 3 is 2.62 bits per heavy atom. The first-order valence-corrected chi connectivity index (χ1v) is 9.73. The van der Waals surface area contributed by atoms with Crippen molar-refractivity contribution < 1.29 is 9.47 Å². The van der Waals surface area contributed by atoms with Gasteiger partial charge in [-0.3, -0.25) is 4.90 Å². The van der Waals surface area contributed by atoms with Crippen molar-refractivity contribution in [3.05, 3.63) is 35.4 Å². The lowest BCUT2D eigenvalue weighted by molar-refractivity contribution is 0.0211. The van der Waals surface area contributed by atoms with E-state index in [4.69, 9.17) is 14.5 Å². The molecule has 1 aromatic rings. The molecule has 1 aromatic carbocycles. The minimum absolute atomic E-state index is 0.452. The molecule has 1 heterocycles. The third-order valence-corrected chi connectivity index (χ3v) is 4.57. The topological polar surface area (TPSA) is 58.1 Å². The quantitative estimate of drug-likeness (QED) is 0.520. The van der Waals surface area contributed by atoms with Crippen LogP contribution in [-0.4, -0.2) is 62.9 Å². The lowest BCUT2D eigenvalue weighted by Crippen LogP contribution is -2.49. The Kier molecular flexibility index (Phi) is 9.45. The van der Waals surface area contributed by atoms with Crippen LogP contribution < -0.4 is 10.6 Å². The molecule has 0 spiro atoms. The summed E-state index contributed by atoms with van der Waals surface area (Å²) in [5.41, 5.74) is 2.41. The predicted molar refractivity (Wildman–Crippen MR) is 106 cm³/mol. The van der Waals surface area contributed by atoms with E-state index in [0.29, 0.717) is 19.2 Å². The molecule has 6 heteroatoms. The zero-order chi connectivity index (χ0) is 18.6. The van der Waals surface area contributed by atoms with Crippen LogP contribution in [0.15, 0.2) is 29.3 Å². The fourth-order valence-electron chi connectivity index (χ4n) is 2.96. The summed E-state index contributed by atoms with van der Waals surface area (Å²) < 4.78 is 11.0. The summed E-state index contributed by atoms with van der Waals surface area (Å²) in [5, 5.41) is 6.81. The SMILES string of the molecule is CCNC(=NCc1ccccc1COCC)NCC(C)N1CCOCC1. The van der Waals surface area contributed by atoms with Gasteiger partial charge < -0.3 is 20.1 Å². The van der Waals surface area contributed by atoms with Gasteiger partial charge in [-0.15, -0.1) is 0 Å². The molecule has 0 aromatic heterocycles. The monoisotopic (exact) mass is 362 g/mol. The van der Waals surface area contributed by atoms with Crippen molar-refractivity contribution in [3.8, 4) is 0 Å². The number of hydrogen-bond acceptors (Lipinski definition) is 4. The Hall–Kier alpha value is -1.63. The number of benzene rings is 1. The largest absolute Gasteiger partial charge is 0.379 e. The van der Waals surface area contributed by atoms with Gasteiger partial charge in [0.15, 0.2) is 5.96 Å². The smallest absolute Gasteiger partial charge is 0.191 e. The van der Waals surface area contributed by atoms with Gasteiger partial charge in [0.05, 0.1) is 26.4 Å². The fraction of sp³-hybridized carbons (Fsp3) is 0.650. The van der Waals surface area contributed by atoms with Gasteiger partial charge in [0.25, 0.3) is 0 Å². The average molecular weight is 363 g/mol. The zero-order valence-electron chi connectivity index (χ0n) is 16.5. The van der Waals surface area contributed by atoms with Crippen LogP contribution in [-0.2, 0) is 22.6 Å². The van der Waals surface area contributed by atoms with Crippen molar-refractivity contribution in [3.63, 3.8) is 0 Å². The molecule has 26 heavy (non-hydrogen) atoms. The second-order valence-electron chi connectivity index (χ2n) is 6.48. The molecule has 6 nitrogen and oxygen atoms in total. The molecule has 0 bridgehead atoms. The maximum Gasteiger partial charge on any atom is 0.191 e. The van der Waals surface area contributed by atoms with Crippen molar-refractivity contribution in [1.82, 2.24) is 15.5 Å². The second kappa shape index (κ2) is 11.9. The molecule has 2 N–H and O–H groups in total. The Balaban J connectivity index is 1.91. The summed E-state index contributed by atoms with van der Waals surface area (Å²) in [4.78, 5) is 7.22. The van der Waals surface area contributed by atoms with E-state index < -0.39 is 0 Å². The lowest BCUT2D eigenvalue weighted by Gasteiger charge is -2.32. The normalized spacial score (nSPS) is 17.1. The van der Waals surface area contributed by atoms with Crippen molar-refractivity contribution in [2.45, 2.75) is 40.0 Å². The molecular formula is C20H34N4O2. The zero-order valence-corrected chi connectivity index (χ0v) is 16.5. The first kappa shape index (κ1) is 20.7. The van der Waals surface area contributed by atoms with Gasteiger partial charge >= 0.3 is 0 Å². The van der Waals surface area contributed by atoms with E-state index in [0.717, 1.165) is 52.0 Å². The van der Waals surface area contributed by atoms with E-state index in [2.05, 4.69) is 53.6 Å². The van der Waals surface area contributed by atoms with Crippen molar-refractivity contribution in [1.29, 1.82) is 0 Å². The number of nitrogens with zero attached hydrogens (tertiary/aromatic N) is 2. The summed E-state index contributed by atoms with van der Waals surface area (Å²) in [6.45, 7) is 13.7. The average Bonchev–Trinajstić information content (AvgIpc) is 2.69. The molecule has 0 amide bonds. The Morgan fingerprint density at radius 1 is 1.19 bits per heavy atom. The maximum absolute atomic E-state index is 5.57. The first-order valence-electron chi connectivity index (χ1n) is 9.73. The van der Waals surface area contributed by atoms with Crippen LogP contribution in [0.25, 0.3) is 0 Å². The molecule has 1 saturated heterocycles. The van der Waals surface area contributed by atoms with Crippen molar-refractivity contribution in [2.24, 2.45) is 4.99 Å². The standard InChI is InChI=1S/C20H34N4O2/c1-4-21-20(22-14-17(3)24-10-12-26-13-11-24)23-15-18-8-6-7-9-19(18)16-25-5-2/h6-9,17H,4-5,10-16H2,1-3H3,(H2,21,22,23). The molecule has 1 aliphatic rings. The Morgan fingerprint density at radius 2 is 1.92 bits per heavy atom. The number of morpholine rings is 1. The van der Waals surface area contributed by atoms with Crippen molar-refractivity contribution >= 4 is 5.96 Å². The highest BCUT2D eigenvalue weighted by Crippen LogP contribution is 2.11. The highest BCUT2D eigenvalue weighted by atomic mass is 16.5. The highest BCUT2D eigenvalue weighted by Gasteiger charge is 2.17. The van der Waals surface area contributed by atoms with Gasteiger partial charge in [-0.2, -0.15) is 0 Å². The minimum atomic E-state index is 0.452. The predicted octanol–water partition coefficient (Wildman–Crippen LogP) is 2.00. The number of hydrogen-bond donors (Lipinski definition) is 2. The summed E-state index contributed by atoms with van der Waals surface area (Å²) in [7, 11) is 0. The highest BCUT2D eigenvalue weighted by molar-refractivity contribution is 5.79. The number of aliphatic imine (C=N–C) groups is 1. The van der Waals surface area contributed by atoms with Crippen LogP contribution in [0.2, 0.25) is 0 Å². The van der Waals surface area contributed by atoms with E-state index in [1.807, 2.05) is 6.92 Å². The molecule has 2 rings (SSSR count). The van der Waals surface area contributed by atoms with Crippen molar-refractivity contribution in [2.75, 3.05) is 46.0 Å². The number of rotatable bonds is 9. The molecule has 1 unspecified atom stereocenters. The van der Waals surface area contributed by atoms with Crippen LogP contribution >= 0.6 is 0 Å². The number of guanidine groups is 1. The van der Waals surface area contributed by atoms with E-state index in [9.17, 15) is 0 Å². The molecular weight excluding hydrogens is 328 g/mol. The van der Waals surface area contributed by atoms with Gasteiger partial charge in [0.2, 0.25) is 0 Å². The third-order valence-electron chi connectivity index (χ3n) is 4.57. The van der Waals surface area contributed by atoms with E-state index >= 15 is 0 Å². The minimum Gasteiger partial charge on any atom is -0.379 e. The lowest BCUT2D eigenvalue weighted by atomic mass is 10.1. The van der Waals surface area contributed by atoms with Crippen LogP contribution in [0, 0.1) is 0 Å². The summed E-state index contributed by atoms with van der Waals surface area (Å²) in [6, 6.07) is 8.79. The third kappa shape index (κ3) is 6.94. The van der Waals surface area contributed by atoms with Gasteiger partial charge in [0, 0.05) is 38.8 Å². The van der Waals surface area contributed by atoms with Crippen LogP contribution in [0.1, 0.15) is 31.9 Å². The van der Waals surface area contributed by atoms with Gasteiger partial charge in [-0.1, -0.05) is 24.3 Å². The second-order valence-corrected chi connectivity index (χ2v) is 6.48. The van der Waals surface area contributed by atoms with Crippen LogP contribution in [0.5, 0.6) is 0 Å². The summed E-state index contributed by atoms with van der Waals surface area (Å²) in [6.07, 6.45) is 0. The van der Waals surface area contributed by atoms with E-state index in [1.54, 1.807) is 0 Å². The van der Waals surface area contributed by atoms with Gasteiger partial charge in [-0.25, -0.2) is 4.99 Å². The molecule has 1 atom stereocenters.